The van der Waals surface area contributed by atoms with Crippen LogP contribution in [0.15, 0.2) is 28.8 Å². The molecule has 1 amide bonds. The standard InChI is InChI=1S/C21H25F2N3O4/c1-4-28-16-11-13(5-9-15(16)29-21(22)23)6-10-17(27)24-18(12(2)3)20-25-19(26-30-20)14-7-8-14/h5-6,9-12,14,18,21H,4,7-8H2,1-3H3,(H,24,27)/b10-6+. The third-order valence-electron chi connectivity index (χ3n) is 4.54. The molecule has 7 nitrogen and oxygen atoms in total. The van der Waals surface area contributed by atoms with Crippen molar-refractivity contribution in [3.8, 4) is 11.5 Å². The van der Waals surface area contributed by atoms with E-state index >= 15 is 0 Å². The van der Waals surface area contributed by atoms with Crippen LogP contribution in [0.2, 0.25) is 0 Å². The highest BCUT2D eigenvalue weighted by molar-refractivity contribution is 5.92. The van der Waals surface area contributed by atoms with E-state index in [4.69, 9.17) is 9.26 Å². The van der Waals surface area contributed by atoms with Crippen LogP contribution in [0, 0.1) is 5.92 Å². The molecule has 0 saturated heterocycles. The Morgan fingerprint density at radius 3 is 2.73 bits per heavy atom. The molecule has 1 aliphatic carbocycles. The summed E-state index contributed by atoms with van der Waals surface area (Å²) in [7, 11) is 0. The van der Waals surface area contributed by atoms with Crippen LogP contribution in [0.3, 0.4) is 0 Å². The SMILES string of the molecule is CCOc1cc(/C=C/C(=O)NC(c2nc(C3CC3)no2)C(C)C)ccc1OC(F)F. The van der Waals surface area contributed by atoms with E-state index in [0.29, 0.717) is 23.2 Å². The molecule has 0 aliphatic heterocycles. The lowest BCUT2D eigenvalue weighted by Crippen LogP contribution is -2.30. The maximum absolute atomic E-state index is 12.5. The molecule has 1 aliphatic rings. The Kier molecular flexibility index (Phi) is 7.02. The van der Waals surface area contributed by atoms with Gasteiger partial charge in [0.15, 0.2) is 17.3 Å². The summed E-state index contributed by atoms with van der Waals surface area (Å²) < 4.78 is 40.2. The van der Waals surface area contributed by atoms with Crippen LogP contribution in [-0.4, -0.2) is 29.3 Å². The number of amides is 1. The van der Waals surface area contributed by atoms with E-state index in [0.717, 1.165) is 12.8 Å². The lowest BCUT2D eigenvalue weighted by molar-refractivity contribution is -0.117. The van der Waals surface area contributed by atoms with Gasteiger partial charge in [0.2, 0.25) is 11.8 Å². The van der Waals surface area contributed by atoms with Crippen LogP contribution >= 0.6 is 0 Å². The van der Waals surface area contributed by atoms with Crippen molar-refractivity contribution >= 4 is 12.0 Å². The van der Waals surface area contributed by atoms with E-state index in [9.17, 15) is 13.6 Å². The summed E-state index contributed by atoms with van der Waals surface area (Å²) in [5.74, 6) is 1.27. The molecular formula is C21H25F2N3O4. The highest BCUT2D eigenvalue weighted by Gasteiger charge is 2.31. The van der Waals surface area contributed by atoms with E-state index in [1.54, 1.807) is 19.1 Å². The summed E-state index contributed by atoms with van der Waals surface area (Å²) in [5.41, 5.74) is 0.602. The van der Waals surface area contributed by atoms with Gasteiger partial charge in [0.05, 0.1) is 6.61 Å². The maximum Gasteiger partial charge on any atom is 0.387 e. The fourth-order valence-corrected chi connectivity index (χ4v) is 2.86. The first kappa shape index (κ1) is 21.7. The first-order valence-electron chi connectivity index (χ1n) is 9.91. The first-order chi connectivity index (χ1) is 14.4. The van der Waals surface area contributed by atoms with Crippen molar-refractivity contribution in [2.45, 2.75) is 52.2 Å². The molecule has 1 N–H and O–H groups in total. The highest BCUT2D eigenvalue weighted by atomic mass is 19.3. The second-order valence-corrected chi connectivity index (χ2v) is 7.35. The fourth-order valence-electron chi connectivity index (χ4n) is 2.86. The van der Waals surface area contributed by atoms with Crippen molar-refractivity contribution in [2.75, 3.05) is 6.61 Å². The summed E-state index contributed by atoms with van der Waals surface area (Å²) >= 11 is 0. The van der Waals surface area contributed by atoms with Crippen LogP contribution in [0.25, 0.3) is 6.08 Å². The smallest absolute Gasteiger partial charge is 0.387 e. The van der Waals surface area contributed by atoms with Gasteiger partial charge in [0.25, 0.3) is 0 Å². The second-order valence-electron chi connectivity index (χ2n) is 7.35. The van der Waals surface area contributed by atoms with Crippen LogP contribution < -0.4 is 14.8 Å². The van der Waals surface area contributed by atoms with Gasteiger partial charge >= 0.3 is 6.61 Å². The number of nitrogens with zero attached hydrogens (tertiary/aromatic N) is 2. The van der Waals surface area contributed by atoms with Gasteiger partial charge in [-0.3, -0.25) is 4.79 Å². The minimum Gasteiger partial charge on any atom is -0.490 e. The molecule has 1 heterocycles. The molecule has 1 unspecified atom stereocenters. The number of carbonyl (C=O) groups excluding carboxylic acids is 1. The zero-order valence-electron chi connectivity index (χ0n) is 17.1. The zero-order valence-corrected chi connectivity index (χ0v) is 17.1. The van der Waals surface area contributed by atoms with Crippen molar-refractivity contribution < 1.29 is 27.6 Å². The van der Waals surface area contributed by atoms with Crippen molar-refractivity contribution in [1.29, 1.82) is 0 Å². The van der Waals surface area contributed by atoms with Crippen molar-refractivity contribution in [3.05, 3.63) is 41.6 Å². The van der Waals surface area contributed by atoms with Crippen LogP contribution in [0.4, 0.5) is 8.78 Å². The van der Waals surface area contributed by atoms with Gasteiger partial charge in [-0.1, -0.05) is 25.1 Å². The number of alkyl halides is 2. The van der Waals surface area contributed by atoms with E-state index in [1.165, 1.54) is 18.2 Å². The van der Waals surface area contributed by atoms with Gasteiger partial charge in [-0.15, -0.1) is 0 Å². The number of carbonyl (C=O) groups is 1. The van der Waals surface area contributed by atoms with Crippen molar-refractivity contribution in [1.82, 2.24) is 15.5 Å². The summed E-state index contributed by atoms with van der Waals surface area (Å²) in [5, 5.41) is 6.88. The number of aromatic nitrogens is 2. The van der Waals surface area contributed by atoms with Gasteiger partial charge in [0.1, 0.15) is 6.04 Å². The predicted molar refractivity (Wildman–Crippen MR) is 105 cm³/mol. The van der Waals surface area contributed by atoms with Crippen molar-refractivity contribution in [3.63, 3.8) is 0 Å². The van der Waals surface area contributed by atoms with Crippen LogP contribution in [0.1, 0.15) is 62.9 Å². The normalized spacial score (nSPS) is 15.0. The molecule has 1 saturated carbocycles. The number of ether oxygens (including phenoxy) is 2. The summed E-state index contributed by atoms with van der Waals surface area (Å²) in [6, 6.07) is 4.06. The number of rotatable bonds is 10. The Labute approximate surface area is 173 Å². The van der Waals surface area contributed by atoms with Gasteiger partial charge in [-0.2, -0.15) is 13.8 Å². The molecule has 0 radical (unpaired) electrons. The topological polar surface area (TPSA) is 86.5 Å². The lowest BCUT2D eigenvalue weighted by Gasteiger charge is -2.17. The zero-order chi connectivity index (χ0) is 21.7. The summed E-state index contributed by atoms with van der Waals surface area (Å²) in [6.45, 7) is 2.98. The van der Waals surface area contributed by atoms with E-state index in [2.05, 4.69) is 20.2 Å². The number of hydrogen-bond acceptors (Lipinski definition) is 6. The van der Waals surface area contributed by atoms with Crippen molar-refractivity contribution in [2.24, 2.45) is 5.92 Å². The Morgan fingerprint density at radius 2 is 2.10 bits per heavy atom. The Bertz CT molecular complexity index is 894. The minimum absolute atomic E-state index is 0.0465. The molecule has 9 heteroatoms. The summed E-state index contributed by atoms with van der Waals surface area (Å²) in [6.07, 6.45) is 5.04. The monoisotopic (exact) mass is 421 g/mol. The first-order valence-corrected chi connectivity index (χ1v) is 9.91. The molecule has 0 bridgehead atoms. The quantitative estimate of drug-likeness (QED) is 0.570. The van der Waals surface area contributed by atoms with Gasteiger partial charge in [-0.05, 0) is 49.5 Å². The van der Waals surface area contributed by atoms with E-state index in [1.807, 2.05) is 13.8 Å². The lowest BCUT2D eigenvalue weighted by atomic mass is 10.0. The third-order valence-corrected chi connectivity index (χ3v) is 4.54. The molecule has 30 heavy (non-hydrogen) atoms. The molecule has 1 aromatic carbocycles. The van der Waals surface area contributed by atoms with Gasteiger partial charge in [0, 0.05) is 12.0 Å². The molecule has 162 valence electrons. The Hall–Kier alpha value is -2.97. The minimum atomic E-state index is -2.95. The number of nitrogens with one attached hydrogen (secondary N) is 1. The second kappa shape index (κ2) is 9.69. The summed E-state index contributed by atoms with van der Waals surface area (Å²) in [4.78, 5) is 16.9. The van der Waals surface area contributed by atoms with E-state index in [-0.39, 0.29) is 29.9 Å². The maximum atomic E-state index is 12.5. The third kappa shape index (κ3) is 5.77. The molecule has 2 aromatic rings. The molecule has 0 spiro atoms. The molecular weight excluding hydrogens is 396 g/mol. The van der Waals surface area contributed by atoms with Gasteiger partial charge in [-0.25, -0.2) is 0 Å². The van der Waals surface area contributed by atoms with Crippen LogP contribution in [0.5, 0.6) is 11.5 Å². The number of halogens is 2. The molecule has 1 aromatic heterocycles. The molecule has 1 fully saturated rings. The Balaban J connectivity index is 1.68. The largest absolute Gasteiger partial charge is 0.490 e. The Morgan fingerprint density at radius 1 is 1.33 bits per heavy atom. The van der Waals surface area contributed by atoms with E-state index < -0.39 is 12.7 Å². The average molecular weight is 421 g/mol. The van der Waals surface area contributed by atoms with Crippen LogP contribution in [-0.2, 0) is 4.79 Å². The fraction of sp³-hybridized carbons (Fsp3) is 0.476. The average Bonchev–Trinajstić information content (AvgIpc) is 3.43. The highest BCUT2D eigenvalue weighted by Crippen LogP contribution is 2.38. The molecule has 3 rings (SSSR count). The predicted octanol–water partition coefficient (Wildman–Crippen LogP) is 4.47. The number of benzene rings is 1. The van der Waals surface area contributed by atoms with Gasteiger partial charge < -0.3 is 19.3 Å². The molecule has 1 atom stereocenters. The number of hydrogen-bond donors (Lipinski definition) is 1.